The van der Waals surface area contributed by atoms with Gasteiger partial charge in [0.1, 0.15) is 6.07 Å². The Morgan fingerprint density at radius 2 is 2.00 bits per heavy atom. The summed E-state index contributed by atoms with van der Waals surface area (Å²) in [6, 6.07) is 19.8. The Hall–Kier alpha value is -2.97. The zero-order chi connectivity index (χ0) is 16.1. The van der Waals surface area contributed by atoms with E-state index in [1.54, 1.807) is 0 Å². The molecule has 0 radical (unpaired) electrons. The molecule has 0 amide bonds. The van der Waals surface area contributed by atoms with Crippen LogP contribution < -0.4 is 5.43 Å². The van der Waals surface area contributed by atoms with Crippen LogP contribution in [0.3, 0.4) is 0 Å². The summed E-state index contributed by atoms with van der Waals surface area (Å²) in [5, 5.41) is 16.1. The molecule has 0 aliphatic rings. The maximum Gasteiger partial charge on any atom is 0.196 e. The number of nitrogens with one attached hydrogen (secondary N) is 1. The van der Waals surface area contributed by atoms with Gasteiger partial charge in [0.2, 0.25) is 0 Å². The maximum atomic E-state index is 9.34. The fraction of sp³-hybridized carbons (Fsp3) is 0.0556. The summed E-state index contributed by atoms with van der Waals surface area (Å²) in [6.07, 6.45) is 0. The number of thiazole rings is 1. The van der Waals surface area contributed by atoms with Gasteiger partial charge in [-0.3, -0.25) is 5.43 Å². The summed E-state index contributed by atoms with van der Waals surface area (Å²) in [4.78, 5) is 4.51. The predicted molar refractivity (Wildman–Crippen MR) is 94.5 cm³/mol. The second kappa shape index (κ2) is 6.86. The molecule has 0 aliphatic carbocycles. The molecular formula is C18H14N4S. The quantitative estimate of drug-likeness (QED) is 0.571. The molecule has 3 aromatic rings. The molecule has 0 saturated carbocycles. The van der Waals surface area contributed by atoms with E-state index >= 15 is 0 Å². The first-order chi connectivity index (χ1) is 11.3. The number of rotatable bonds is 4. The van der Waals surface area contributed by atoms with Crippen molar-refractivity contribution in [3.63, 3.8) is 0 Å². The summed E-state index contributed by atoms with van der Waals surface area (Å²) < 4.78 is 0. The van der Waals surface area contributed by atoms with Crippen LogP contribution in [0.4, 0.5) is 5.69 Å². The van der Waals surface area contributed by atoms with Crippen molar-refractivity contribution >= 4 is 22.7 Å². The lowest BCUT2D eigenvalue weighted by molar-refractivity contribution is 1.30. The van der Waals surface area contributed by atoms with Crippen molar-refractivity contribution < 1.29 is 0 Å². The largest absolute Gasteiger partial charge is 0.277 e. The molecule has 4 nitrogen and oxygen atoms in total. The Morgan fingerprint density at radius 1 is 1.17 bits per heavy atom. The highest BCUT2D eigenvalue weighted by Gasteiger charge is 2.10. The molecule has 1 N–H and O–H groups in total. The standard InChI is InChI=1S/C18H14N4S/c1-13-6-5-9-15(10-13)21-22-16(11-19)18-20-17(12-23-18)14-7-3-2-4-8-14/h2-10,12,21H,1H3. The predicted octanol–water partition coefficient (Wildman–Crippen LogP) is 4.46. The highest BCUT2D eigenvalue weighted by molar-refractivity contribution is 7.12. The molecule has 0 unspecified atom stereocenters. The van der Waals surface area contributed by atoms with Crippen molar-refractivity contribution in [2.45, 2.75) is 6.92 Å². The molecule has 5 heteroatoms. The topological polar surface area (TPSA) is 61.1 Å². The number of aromatic nitrogens is 1. The van der Waals surface area contributed by atoms with Crippen LogP contribution in [-0.2, 0) is 0 Å². The SMILES string of the molecule is Cc1cccc(NN=C(C#N)c2nc(-c3ccccc3)cs2)c1. The first-order valence-electron chi connectivity index (χ1n) is 7.08. The average Bonchev–Trinajstić information content (AvgIpc) is 3.06. The maximum absolute atomic E-state index is 9.34. The minimum absolute atomic E-state index is 0.277. The van der Waals surface area contributed by atoms with Crippen LogP contribution in [-0.4, -0.2) is 10.7 Å². The van der Waals surface area contributed by atoms with E-state index in [1.807, 2.05) is 66.9 Å². The van der Waals surface area contributed by atoms with Gasteiger partial charge in [-0.2, -0.15) is 10.4 Å². The minimum atomic E-state index is 0.277. The van der Waals surface area contributed by atoms with E-state index in [4.69, 9.17) is 0 Å². The summed E-state index contributed by atoms with van der Waals surface area (Å²) in [6.45, 7) is 2.01. The molecule has 0 spiro atoms. The lowest BCUT2D eigenvalue weighted by atomic mass is 10.2. The van der Waals surface area contributed by atoms with Crippen molar-refractivity contribution in [1.29, 1.82) is 5.26 Å². The zero-order valence-corrected chi connectivity index (χ0v) is 13.3. The number of anilines is 1. The van der Waals surface area contributed by atoms with E-state index in [1.165, 1.54) is 11.3 Å². The van der Waals surface area contributed by atoms with Crippen LogP contribution in [0.2, 0.25) is 0 Å². The fourth-order valence-electron chi connectivity index (χ4n) is 2.08. The Kier molecular flexibility index (Phi) is 4.46. The Morgan fingerprint density at radius 3 is 2.74 bits per heavy atom. The molecule has 0 atom stereocenters. The number of aryl methyl sites for hydroxylation is 1. The average molecular weight is 318 g/mol. The van der Waals surface area contributed by atoms with E-state index in [-0.39, 0.29) is 5.71 Å². The molecule has 112 valence electrons. The van der Waals surface area contributed by atoms with E-state index in [9.17, 15) is 5.26 Å². The Balaban J connectivity index is 1.83. The van der Waals surface area contributed by atoms with Crippen LogP contribution in [0.1, 0.15) is 10.6 Å². The second-order valence-corrected chi connectivity index (χ2v) is 5.82. The monoisotopic (exact) mass is 318 g/mol. The third-order valence-corrected chi connectivity index (χ3v) is 4.05. The van der Waals surface area contributed by atoms with Crippen LogP contribution in [0.5, 0.6) is 0 Å². The van der Waals surface area contributed by atoms with E-state index in [0.717, 1.165) is 22.5 Å². The smallest absolute Gasteiger partial charge is 0.196 e. The molecule has 0 aliphatic heterocycles. The molecular weight excluding hydrogens is 304 g/mol. The van der Waals surface area contributed by atoms with Gasteiger partial charge in [-0.25, -0.2) is 4.98 Å². The molecule has 1 aromatic heterocycles. The van der Waals surface area contributed by atoms with E-state index < -0.39 is 0 Å². The molecule has 23 heavy (non-hydrogen) atoms. The summed E-state index contributed by atoms with van der Waals surface area (Å²) in [5.74, 6) is 0. The van der Waals surface area contributed by atoms with Crippen LogP contribution in [0.15, 0.2) is 65.1 Å². The van der Waals surface area contributed by atoms with Crippen molar-refractivity contribution in [2.75, 3.05) is 5.43 Å². The van der Waals surface area contributed by atoms with Crippen LogP contribution in [0.25, 0.3) is 11.3 Å². The van der Waals surface area contributed by atoms with Crippen molar-refractivity contribution in [1.82, 2.24) is 4.98 Å². The summed E-state index contributed by atoms with van der Waals surface area (Å²) in [7, 11) is 0. The van der Waals surface area contributed by atoms with Gasteiger partial charge in [0, 0.05) is 10.9 Å². The molecule has 2 aromatic carbocycles. The number of hydrogen-bond donors (Lipinski definition) is 1. The molecule has 1 heterocycles. The number of nitrogens with zero attached hydrogens (tertiary/aromatic N) is 3. The van der Waals surface area contributed by atoms with Gasteiger partial charge in [-0.1, -0.05) is 42.5 Å². The first-order valence-corrected chi connectivity index (χ1v) is 7.96. The van der Waals surface area contributed by atoms with Crippen molar-refractivity contribution in [2.24, 2.45) is 5.10 Å². The highest BCUT2D eigenvalue weighted by Crippen LogP contribution is 2.22. The van der Waals surface area contributed by atoms with Gasteiger partial charge < -0.3 is 0 Å². The van der Waals surface area contributed by atoms with Gasteiger partial charge in [0.25, 0.3) is 0 Å². The molecule has 0 saturated heterocycles. The lowest BCUT2D eigenvalue weighted by Gasteiger charge is -2.01. The van der Waals surface area contributed by atoms with Crippen LogP contribution >= 0.6 is 11.3 Å². The lowest BCUT2D eigenvalue weighted by Crippen LogP contribution is -2.01. The number of hydrogen-bond acceptors (Lipinski definition) is 5. The minimum Gasteiger partial charge on any atom is -0.277 e. The van der Waals surface area contributed by atoms with Crippen LogP contribution in [0, 0.1) is 18.3 Å². The summed E-state index contributed by atoms with van der Waals surface area (Å²) >= 11 is 1.41. The number of nitriles is 1. The second-order valence-electron chi connectivity index (χ2n) is 4.96. The van der Waals surface area contributed by atoms with Gasteiger partial charge in [0.15, 0.2) is 10.7 Å². The number of benzene rings is 2. The fourth-order valence-corrected chi connectivity index (χ4v) is 2.85. The molecule has 0 bridgehead atoms. The third kappa shape index (κ3) is 3.62. The van der Waals surface area contributed by atoms with E-state index in [2.05, 4.69) is 21.6 Å². The number of hydrazone groups is 1. The van der Waals surface area contributed by atoms with Gasteiger partial charge in [-0.15, -0.1) is 11.3 Å². The van der Waals surface area contributed by atoms with Crippen molar-refractivity contribution in [3.8, 4) is 17.3 Å². The normalized spacial score (nSPS) is 11.0. The Labute approximate surface area is 138 Å². The highest BCUT2D eigenvalue weighted by atomic mass is 32.1. The van der Waals surface area contributed by atoms with Crippen molar-refractivity contribution in [3.05, 3.63) is 70.5 Å². The van der Waals surface area contributed by atoms with Gasteiger partial charge in [-0.05, 0) is 24.6 Å². The zero-order valence-electron chi connectivity index (χ0n) is 12.5. The van der Waals surface area contributed by atoms with Gasteiger partial charge in [0.05, 0.1) is 11.4 Å². The first kappa shape index (κ1) is 14.9. The molecule has 0 fully saturated rings. The van der Waals surface area contributed by atoms with Gasteiger partial charge >= 0.3 is 0 Å². The van der Waals surface area contributed by atoms with E-state index in [0.29, 0.717) is 5.01 Å². The summed E-state index contributed by atoms with van der Waals surface area (Å²) in [5.41, 5.74) is 7.04. The molecule has 3 rings (SSSR count). The Bertz CT molecular complexity index is 875. The third-order valence-electron chi connectivity index (χ3n) is 3.20.